The largest absolute Gasteiger partial charge is 0.478 e. The minimum atomic E-state index is -1.08. The van der Waals surface area contributed by atoms with Gasteiger partial charge in [-0.25, -0.2) is 9.59 Å². The van der Waals surface area contributed by atoms with Crippen molar-refractivity contribution in [3.63, 3.8) is 0 Å². The van der Waals surface area contributed by atoms with E-state index in [1.165, 1.54) is 0 Å². The molecule has 0 radical (unpaired) electrons. The Bertz CT molecular complexity index is 387. The van der Waals surface area contributed by atoms with Gasteiger partial charge < -0.3 is 9.84 Å². The number of hydrogen-bond donors (Lipinski definition) is 1. The minimum Gasteiger partial charge on any atom is -0.478 e. The molecule has 0 saturated heterocycles. The van der Waals surface area contributed by atoms with Gasteiger partial charge in [0, 0.05) is 11.6 Å². The average Bonchev–Trinajstić information content (AvgIpc) is 2.57. The molecule has 2 atom stereocenters. The standard InChI is InChI=1S/C20H36O4/c1-5-9-11-16(7-3)13-18(14-19(21)22)20(23)24-15-17(8-4)12-10-6-2/h14,16-17H,5-13,15H2,1-4H3,(H,21,22). The number of carbonyl (C=O) groups is 2. The number of rotatable bonds is 14. The third-order valence-corrected chi connectivity index (χ3v) is 4.61. The van der Waals surface area contributed by atoms with E-state index in [0.717, 1.165) is 57.4 Å². The lowest BCUT2D eigenvalue weighted by atomic mass is 9.91. The SMILES string of the molecule is CCCCC(CC)COC(=O)C(=CC(=O)O)CC(CC)CCCC. The Morgan fingerprint density at radius 2 is 1.50 bits per heavy atom. The van der Waals surface area contributed by atoms with Crippen LogP contribution in [0.4, 0.5) is 0 Å². The van der Waals surface area contributed by atoms with Gasteiger partial charge in [0.25, 0.3) is 0 Å². The summed E-state index contributed by atoms with van der Waals surface area (Å²) in [4.78, 5) is 23.4. The van der Waals surface area contributed by atoms with Crippen molar-refractivity contribution in [2.75, 3.05) is 6.61 Å². The summed E-state index contributed by atoms with van der Waals surface area (Å²) in [6, 6.07) is 0. The highest BCUT2D eigenvalue weighted by Crippen LogP contribution is 2.23. The molecule has 0 aliphatic heterocycles. The van der Waals surface area contributed by atoms with Crippen LogP contribution >= 0.6 is 0 Å². The zero-order chi connectivity index (χ0) is 18.4. The topological polar surface area (TPSA) is 63.6 Å². The Labute approximate surface area is 147 Å². The van der Waals surface area contributed by atoms with Gasteiger partial charge in [0.05, 0.1) is 6.61 Å². The zero-order valence-electron chi connectivity index (χ0n) is 16.0. The van der Waals surface area contributed by atoms with Crippen molar-refractivity contribution in [2.24, 2.45) is 11.8 Å². The molecule has 0 aliphatic carbocycles. The number of hydrogen-bond acceptors (Lipinski definition) is 3. The number of esters is 1. The maximum Gasteiger partial charge on any atom is 0.334 e. The highest BCUT2D eigenvalue weighted by molar-refractivity contribution is 5.95. The van der Waals surface area contributed by atoms with E-state index in [4.69, 9.17) is 9.84 Å². The quantitative estimate of drug-likeness (QED) is 0.341. The minimum absolute atomic E-state index is 0.302. The predicted molar refractivity (Wildman–Crippen MR) is 97.9 cm³/mol. The molecular weight excluding hydrogens is 304 g/mol. The van der Waals surface area contributed by atoms with Gasteiger partial charge in [0.2, 0.25) is 0 Å². The van der Waals surface area contributed by atoms with Gasteiger partial charge in [0.1, 0.15) is 0 Å². The Balaban J connectivity index is 4.73. The van der Waals surface area contributed by atoms with E-state index in [1.54, 1.807) is 0 Å². The molecule has 0 aromatic carbocycles. The predicted octanol–water partition coefficient (Wildman–Crippen LogP) is 5.36. The van der Waals surface area contributed by atoms with Crippen molar-refractivity contribution in [1.82, 2.24) is 0 Å². The van der Waals surface area contributed by atoms with E-state index in [2.05, 4.69) is 27.7 Å². The summed E-state index contributed by atoms with van der Waals surface area (Å²) in [6.07, 6.45) is 9.97. The molecule has 0 rings (SSSR count). The highest BCUT2D eigenvalue weighted by atomic mass is 16.5. The van der Waals surface area contributed by atoms with E-state index in [-0.39, 0.29) is 0 Å². The molecule has 0 aromatic rings. The third kappa shape index (κ3) is 10.5. The lowest BCUT2D eigenvalue weighted by Crippen LogP contribution is -2.18. The fraction of sp³-hybridized carbons (Fsp3) is 0.800. The molecule has 140 valence electrons. The van der Waals surface area contributed by atoms with Crippen LogP contribution in [0, 0.1) is 11.8 Å². The molecule has 1 N–H and O–H groups in total. The number of carboxylic acids is 1. The Kier molecular flexibility index (Phi) is 13.3. The second-order valence-electron chi connectivity index (χ2n) is 6.64. The van der Waals surface area contributed by atoms with E-state index in [0.29, 0.717) is 30.4 Å². The van der Waals surface area contributed by atoms with E-state index in [9.17, 15) is 9.59 Å². The van der Waals surface area contributed by atoms with Crippen LogP contribution in [0.3, 0.4) is 0 Å². The first-order valence-electron chi connectivity index (χ1n) is 9.58. The van der Waals surface area contributed by atoms with Crippen molar-refractivity contribution < 1.29 is 19.4 Å². The van der Waals surface area contributed by atoms with Gasteiger partial charge in [-0.1, -0.05) is 72.6 Å². The first kappa shape index (κ1) is 22.7. The number of aliphatic carboxylic acids is 1. The summed E-state index contributed by atoms with van der Waals surface area (Å²) >= 11 is 0. The van der Waals surface area contributed by atoms with Crippen molar-refractivity contribution in [2.45, 2.75) is 85.5 Å². The third-order valence-electron chi connectivity index (χ3n) is 4.61. The molecular formula is C20H36O4. The fourth-order valence-electron chi connectivity index (χ4n) is 2.79. The van der Waals surface area contributed by atoms with Crippen LogP contribution in [0.25, 0.3) is 0 Å². The van der Waals surface area contributed by atoms with Gasteiger partial charge in [-0.3, -0.25) is 0 Å². The first-order valence-corrected chi connectivity index (χ1v) is 9.58. The van der Waals surface area contributed by atoms with Gasteiger partial charge in [0.15, 0.2) is 0 Å². The molecule has 0 aliphatic rings. The van der Waals surface area contributed by atoms with Gasteiger partial charge in [-0.15, -0.1) is 0 Å². The van der Waals surface area contributed by atoms with Gasteiger partial charge in [-0.05, 0) is 24.7 Å². The second-order valence-corrected chi connectivity index (χ2v) is 6.64. The summed E-state index contributed by atoms with van der Waals surface area (Å²) in [7, 11) is 0. The van der Waals surface area contributed by atoms with Crippen LogP contribution in [0.1, 0.15) is 85.5 Å². The van der Waals surface area contributed by atoms with Crippen LogP contribution in [0.5, 0.6) is 0 Å². The number of carboxylic acid groups (broad SMARTS) is 1. The van der Waals surface area contributed by atoms with E-state index >= 15 is 0 Å². The molecule has 0 amide bonds. The van der Waals surface area contributed by atoms with Crippen LogP contribution in [0.2, 0.25) is 0 Å². The summed E-state index contributed by atoms with van der Waals surface area (Å²) in [6.45, 7) is 8.85. The number of ether oxygens (including phenoxy) is 1. The second kappa shape index (κ2) is 14.1. The van der Waals surface area contributed by atoms with Crippen molar-refractivity contribution in [3.8, 4) is 0 Å². The summed E-state index contributed by atoms with van der Waals surface area (Å²) in [5.74, 6) is -0.833. The van der Waals surface area contributed by atoms with Gasteiger partial charge in [-0.2, -0.15) is 0 Å². The Hall–Kier alpha value is -1.32. The average molecular weight is 341 g/mol. The molecule has 2 unspecified atom stereocenters. The molecule has 0 spiro atoms. The molecule has 0 fully saturated rings. The van der Waals surface area contributed by atoms with Crippen molar-refractivity contribution >= 4 is 11.9 Å². The van der Waals surface area contributed by atoms with E-state index < -0.39 is 11.9 Å². The Morgan fingerprint density at radius 1 is 0.958 bits per heavy atom. The van der Waals surface area contributed by atoms with Crippen molar-refractivity contribution in [1.29, 1.82) is 0 Å². The maximum absolute atomic E-state index is 12.3. The van der Waals surface area contributed by atoms with Crippen LogP contribution in [-0.2, 0) is 14.3 Å². The number of unbranched alkanes of at least 4 members (excludes halogenated alkanes) is 2. The first-order chi connectivity index (χ1) is 11.5. The molecule has 0 saturated carbocycles. The van der Waals surface area contributed by atoms with Crippen molar-refractivity contribution in [3.05, 3.63) is 11.6 Å². The normalized spacial score (nSPS) is 14.2. The molecule has 4 nitrogen and oxygen atoms in total. The lowest BCUT2D eigenvalue weighted by Gasteiger charge is -2.18. The summed E-state index contributed by atoms with van der Waals surface area (Å²) in [5, 5.41) is 9.05. The zero-order valence-corrected chi connectivity index (χ0v) is 16.0. The van der Waals surface area contributed by atoms with Crippen LogP contribution < -0.4 is 0 Å². The van der Waals surface area contributed by atoms with Gasteiger partial charge >= 0.3 is 11.9 Å². The Morgan fingerprint density at radius 3 is 1.96 bits per heavy atom. The molecule has 0 heterocycles. The molecule has 0 aromatic heterocycles. The molecule has 0 bridgehead atoms. The van der Waals surface area contributed by atoms with Crippen LogP contribution in [-0.4, -0.2) is 23.7 Å². The smallest absolute Gasteiger partial charge is 0.334 e. The number of carbonyl (C=O) groups excluding carboxylic acids is 1. The van der Waals surface area contributed by atoms with Crippen LogP contribution in [0.15, 0.2) is 11.6 Å². The van der Waals surface area contributed by atoms with E-state index in [1.807, 2.05) is 0 Å². The summed E-state index contributed by atoms with van der Waals surface area (Å²) in [5.41, 5.74) is 0.302. The highest BCUT2D eigenvalue weighted by Gasteiger charge is 2.19. The fourth-order valence-corrected chi connectivity index (χ4v) is 2.79. The summed E-state index contributed by atoms with van der Waals surface area (Å²) < 4.78 is 5.43. The monoisotopic (exact) mass is 340 g/mol. The maximum atomic E-state index is 12.3. The molecule has 4 heteroatoms. The lowest BCUT2D eigenvalue weighted by molar-refractivity contribution is -0.141. The molecule has 24 heavy (non-hydrogen) atoms.